The van der Waals surface area contributed by atoms with Crippen LogP contribution in [0.4, 0.5) is 0 Å². The maximum atomic E-state index is 12.0. The van der Waals surface area contributed by atoms with E-state index in [-0.39, 0.29) is 11.9 Å². The molecule has 0 spiro atoms. The Bertz CT molecular complexity index is 442. The van der Waals surface area contributed by atoms with Gasteiger partial charge in [-0.15, -0.1) is 0 Å². The van der Waals surface area contributed by atoms with Gasteiger partial charge in [0.2, 0.25) is 5.91 Å². The summed E-state index contributed by atoms with van der Waals surface area (Å²) in [6, 6.07) is 8.32. The van der Waals surface area contributed by atoms with Crippen LogP contribution in [0.5, 0.6) is 0 Å². The highest BCUT2D eigenvalue weighted by Gasteiger charge is 2.34. The molecule has 2 N–H and O–H groups in total. The summed E-state index contributed by atoms with van der Waals surface area (Å²) in [5, 5.41) is 0. The minimum absolute atomic E-state index is 0.0681. The van der Waals surface area contributed by atoms with Crippen molar-refractivity contribution in [3.05, 3.63) is 35.4 Å². The number of aryl methyl sites for hydroxylation is 1. The predicted molar refractivity (Wildman–Crippen MR) is 73.4 cm³/mol. The molecule has 98 valence electrons. The molecule has 3 nitrogen and oxygen atoms in total. The first kappa shape index (κ1) is 13.1. The van der Waals surface area contributed by atoms with Crippen LogP contribution >= 0.6 is 0 Å². The van der Waals surface area contributed by atoms with Crippen molar-refractivity contribution in [1.29, 1.82) is 0 Å². The Morgan fingerprint density at radius 1 is 1.44 bits per heavy atom. The summed E-state index contributed by atoms with van der Waals surface area (Å²) in [6.45, 7) is 6.80. The molecular formula is C15H22N2O. The average Bonchev–Trinajstić information content (AvgIpc) is 2.70. The van der Waals surface area contributed by atoms with Crippen molar-refractivity contribution in [3.8, 4) is 0 Å². The SMILES string of the molecule is Cc1ccccc1[C@H]1C[C@@H](C)N(C(=O)[C@H](C)N)C1. The third kappa shape index (κ3) is 2.41. The van der Waals surface area contributed by atoms with Crippen molar-refractivity contribution < 1.29 is 4.79 Å². The van der Waals surface area contributed by atoms with Crippen LogP contribution in [-0.2, 0) is 4.79 Å². The molecule has 1 aromatic rings. The summed E-state index contributed by atoms with van der Waals surface area (Å²) in [5.74, 6) is 0.516. The maximum Gasteiger partial charge on any atom is 0.239 e. The summed E-state index contributed by atoms with van der Waals surface area (Å²) in [6.07, 6.45) is 1.03. The highest BCUT2D eigenvalue weighted by molar-refractivity contribution is 5.81. The summed E-state index contributed by atoms with van der Waals surface area (Å²) in [4.78, 5) is 14.0. The van der Waals surface area contributed by atoms with Crippen molar-refractivity contribution in [2.45, 2.75) is 45.2 Å². The van der Waals surface area contributed by atoms with Crippen LogP contribution in [-0.4, -0.2) is 29.4 Å². The largest absolute Gasteiger partial charge is 0.338 e. The summed E-state index contributed by atoms with van der Waals surface area (Å²) in [7, 11) is 0. The Balaban J connectivity index is 2.16. The van der Waals surface area contributed by atoms with Gasteiger partial charge in [-0.1, -0.05) is 24.3 Å². The molecule has 1 aliphatic heterocycles. The molecule has 1 aliphatic rings. The lowest BCUT2D eigenvalue weighted by Crippen LogP contribution is -2.43. The number of benzene rings is 1. The van der Waals surface area contributed by atoms with Crippen molar-refractivity contribution in [2.75, 3.05) is 6.54 Å². The van der Waals surface area contributed by atoms with E-state index in [0.29, 0.717) is 5.92 Å². The van der Waals surface area contributed by atoms with E-state index >= 15 is 0 Å². The lowest BCUT2D eigenvalue weighted by atomic mass is 9.93. The van der Waals surface area contributed by atoms with Crippen LogP contribution < -0.4 is 5.73 Å². The number of carbonyl (C=O) groups excluding carboxylic acids is 1. The quantitative estimate of drug-likeness (QED) is 0.868. The first-order valence-corrected chi connectivity index (χ1v) is 6.62. The topological polar surface area (TPSA) is 46.3 Å². The van der Waals surface area contributed by atoms with Crippen molar-refractivity contribution in [1.82, 2.24) is 4.90 Å². The van der Waals surface area contributed by atoms with Crippen LogP contribution in [0.3, 0.4) is 0 Å². The molecule has 3 heteroatoms. The van der Waals surface area contributed by atoms with Gasteiger partial charge in [0.05, 0.1) is 6.04 Å². The van der Waals surface area contributed by atoms with Gasteiger partial charge in [-0.2, -0.15) is 0 Å². The summed E-state index contributed by atoms with van der Waals surface area (Å²) < 4.78 is 0. The first-order valence-electron chi connectivity index (χ1n) is 6.62. The van der Waals surface area contributed by atoms with Crippen LogP contribution in [0.1, 0.15) is 37.3 Å². The van der Waals surface area contributed by atoms with E-state index in [0.717, 1.165) is 13.0 Å². The van der Waals surface area contributed by atoms with Gasteiger partial charge in [0, 0.05) is 18.5 Å². The molecule has 0 bridgehead atoms. The summed E-state index contributed by atoms with van der Waals surface area (Å²) >= 11 is 0. The zero-order valence-corrected chi connectivity index (χ0v) is 11.4. The zero-order chi connectivity index (χ0) is 13.3. The van der Waals surface area contributed by atoms with Crippen molar-refractivity contribution >= 4 is 5.91 Å². The van der Waals surface area contributed by atoms with Crippen LogP contribution in [0.15, 0.2) is 24.3 Å². The van der Waals surface area contributed by atoms with Gasteiger partial charge >= 0.3 is 0 Å². The molecule has 0 radical (unpaired) electrons. The van der Waals surface area contributed by atoms with Gasteiger partial charge < -0.3 is 10.6 Å². The van der Waals surface area contributed by atoms with Gasteiger partial charge in [-0.25, -0.2) is 0 Å². The number of hydrogen-bond acceptors (Lipinski definition) is 2. The maximum absolute atomic E-state index is 12.0. The molecule has 1 heterocycles. The molecule has 0 aliphatic carbocycles. The number of amides is 1. The van der Waals surface area contributed by atoms with Gasteiger partial charge in [-0.05, 0) is 38.3 Å². The van der Waals surface area contributed by atoms with E-state index in [4.69, 9.17) is 5.73 Å². The molecule has 18 heavy (non-hydrogen) atoms. The monoisotopic (exact) mass is 246 g/mol. The summed E-state index contributed by atoms with van der Waals surface area (Å²) in [5.41, 5.74) is 8.38. The lowest BCUT2D eigenvalue weighted by Gasteiger charge is -2.23. The molecule has 1 aromatic carbocycles. The number of hydrogen-bond donors (Lipinski definition) is 1. The fourth-order valence-electron chi connectivity index (χ4n) is 2.87. The van der Waals surface area contributed by atoms with E-state index < -0.39 is 6.04 Å². The highest BCUT2D eigenvalue weighted by atomic mass is 16.2. The van der Waals surface area contributed by atoms with Gasteiger partial charge in [0.15, 0.2) is 0 Å². The van der Waals surface area contributed by atoms with Crippen LogP contribution in [0, 0.1) is 6.92 Å². The minimum Gasteiger partial charge on any atom is -0.338 e. The normalized spacial score (nSPS) is 25.2. The fraction of sp³-hybridized carbons (Fsp3) is 0.533. The molecule has 0 unspecified atom stereocenters. The van der Waals surface area contributed by atoms with E-state index in [9.17, 15) is 4.79 Å². The Morgan fingerprint density at radius 3 is 2.72 bits per heavy atom. The van der Waals surface area contributed by atoms with E-state index in [1.54, 1.807) is 6.92 Å². The Labute approximate surface area is 109 Å². The highest BCUT2D eigenvalue weighted by Crippen LogP contribution is 2.33. The van der Waals surface area contributed by atoms with Crippen molar-refractivity contribution in [3.63, 3.8) is 0 Å². The third-order valence-corrected chi connectivity index (χ3v) is 3.88. The number of nitrogens with zero attached hydrogens (tertiary/aromatic N) is 1. The second-order valence-electron chi connectivity index (χ2n) is 5.42. The number of likely N-dealkylation sites (tertiary alicyclic amines) is 1. The lowest BCUT2D eigenvalue weighted by molar-refractivity contribution is -0.132. The minimum atomic E-state index is -0.400. The first-order chi connectivity index (χ1) is 8.50. The Hall–Kier alpha value is -1.35. The van der Waals surface area contributed by atoms with Crippen LogP contribution in [0.25, 0.3) is 0 Å². The van der Waals surface area contributed by atoms with Gasteiger partial charge in [0.25, 0.3) is 0 Å². The fourth-order valence-corrected chi connectivity index (χ4v) is 2.87. The van der Waals surface area contributed by atoms with E-state index in [1.807, 2.05) is 4.90 Å². The number of carbonyl (C=O) groups is 1. The molecule has 0 aromatic heterocycles. The van der Waals surface area contributed by atoms with E-state index in [2.05, 4.69) is 38.1 Å². The Kier molecular flexibility index (Phi) is 3.71. The standard InChI is InChI=1S/C15H22N2O/c1-10-6-4-5-7-14(10)13-8-11(2)17(9-13)15(18)12(3)16/h4-7,11-13H,8-9,16H2,1-3H3/t11-,12+,13+/m1/s1. The zero-order valence-electron chi connectivity index (χ0n) is 11.4. The predicted octanol–water partition coefficient (Wildman–Crippen LogP) is 2.05. The molecule has 2 rings (SSSR count). The smallest absolute Gasteiger partial charge is 0.239 e. The number of nitrogens with two attached hydrogens (primary N) is 1. The second-order valence-corrected chi connectivity index (χ2v) is 5.42. The van der Waals surface area contributed by atoms with Gasteiger partial charge in [0.1, 0.15) is 0 Å². The molecule has 1 fully saturated rings. The molecule has 1 saturated heterocycles. The van der Waals surface area contributed by atoms with Gasteiger partial charge in [-0.3, -0.25) is 4.79 Å². The molecule has 0 saturated carbocycles. The second kappa shape index (κ2) is 5.11. The third-order valence-electron chi connectivity index (χ3n) is 3.88. The van der Waals surface area contributed by atoms with Crippen molar-refractivity contribution in [2.24, 2.45) is 5.73 Å². The Morgan fingerprint density at radius 2 is 2.11 bits per heavy atom. The molecular weight excluding hydrogens is 224 g/mol. The average molecular weight is 246 g/mol. The molecule has 3 atom stereocenters. The number of rotatable bonds is 2. The van der Waals surface area contributed by atoms with E-state index in [1.165, 1.54) is 11.1 Å². The van der Waals surface area contributed by atoms with Crippen LogP contribution in [0.2, 0.25) is 0 Å². The molecule has 1 amide bonds.